The summed E-state index contributed by atoms with van der Waals surface area (Å²) in [6.45, 7) is 5.95. The Morgan fingerprint density at radius 2 is 1.65 bits per heavy atom. The number of piperidine rings is 2. The Hall–Kier alpha value is -2.81. The lowest BCUT2D eigenvalue weighted by molar-refractivity contribution is -0.120. The summed E-state index contributed by atoms with van der Waals surface area (Å²) in [6.07, 6.45) is 6.21. The van der Waals surface area contributed by atoms with E-state index in [1.54, 1.807) is 4.90 Å². The van der Waals surface area contributed by atoms with Crippen molar-refractivity contribution >= 4 is 29.4 Å². The molecule has 0 bridgehead atoms. The molecule has 1 aromatic rings. The van der Waals surface area contributed by atoms with Crippen molar-refractivity contribution in [2.45, 2.75) is 51.0 Å². The van der Waals surface area contributed by atoms with Crippen LogP contribution in [0.2, 0.25) is 0 Å². The molecule has 3 saturated heterocycles. The van der Waals surface area contributed by atoms with Crippen molar-refractivity contribution in [2.75, 3.05) is 49.1 Å². The highest BCUT2D eigenvalue weighted by Crippen LogP contribution is 2.49. The fourth-order valence-corrected chi connectivity index (χ4v) is 6.27. The Bertz CT molecular complexity index is 912. The van der Waals surface area contributed by atoms with Gasteiger partial charge in [-0.2, -0.15) is 0 Å². The van der Waals surface area contributed by atoms with Crippen molar-refractivity contribution < 1.29 is 19.5 Å². The molecule has 3 aliphatic heterocycles. The van der Waals surface area contributed by atoms with Gasteiger partial charge in [-0.3, -0.25) is 15.0 Å². The lowest BCUT2D eigenvalue weighted by atomic mass is 9.60. The van der Waals surface area contributed by atoms with Crippen LogP contribution in [0.1, 0.15) is 44.9 Å². The number of likely N-dealkylation sites (tertiary alicyclic amines) is 1. The number of urea groups is 1. The van der Waals surface area contributed by atoms with Crippen LogP contribution in [0.4, 0.5) is 21.0 Å². The van der Waals surface area contributed by atoms with E-state index in [4.69, 9.17) is 5.11 Å². The van der Waals surface area contributed by atoms with Gasteiger partial charge in [-0.25, -0.2) is 9.59 Å². The lowest BCUT2D eigenvalue weighted by Gasteiger charge is -2.52. The van der Waals surface area contributed by atoms with Gasteiger partial charge in [0, 0.05) is 50.0 Å². The average molecular weight is 470 g/mol. The van der Waals surface area contributed by atoms with Crippen molar-refractivity contribution in [1.82, 2.24) is 15.5 Å². The maximum Gasteiger partial charge on any atom is 0.404 e. The first kappa shape index (κ1) is 23.0. The maximum absolute atomic E-state index is 12.1. The van der Waals surface area contributed by atoms with Gasteiger partial charge >= 0.3 is 12.1 Å². The number of anilines is 2. The highest BCUT2D eigenvalue weighted by molar-refractivity contribution is 6.05. The number of nitrogens with one attached hydrogen (secondary N) is 2. The SMILES string of the molecule is O=C(O)NC1CC2(CCN(CC3CCN(c4ccc(N5CCC(=O)NC5=O)cc4)CC3)CC2)C1. The van der Waals surface area contributed by atoms with Gasteiger partial charge in [0.15, 0.2) is 0 Å². The van der Waals surface area contributed by atoms with E-state index in [2.05, 4.69) is 32.6 Å². The lowest BCUT2D eigenvalue weighted by Crippen LogP contribution is -2.55. The Kier molecular flexibility index (Phi) is 6.38. The van der Waals surface area contributed by atoms with Gasteiger partial charge in [0.2, 0.25) is 5.91 Å². The molecule has 34 heavy (non-hydrogen) atoms. The van der Waals surface area contributed by atoms with Crippen LogP contribution in [0.3, 0.4) is 0 Å². The van der Waals surface area contributed by atoms with Crippen LogP contribution >= 0.6 is 0 Å². The minimum absolute atomic E-state index is 0.156. The molecule has 184 valence electrons. The third kappa shape index (κ3) is 4.99. The molecule has 9 heteroatoms. The molecule has 4 fully saturated rings. The van der Waals surface area contributed by atoms with Crippen LogP contribution in [0.15, 0.2) is 24.3 Å². The van der Waals surface area contributed by atoms with E-state index in [0.29, 0.717) is 18.4 Å². The summed E-state index contributed by atoms with van der Waals surface area (Å²) >= 11 is 0. The number of amides is 4. The summed E-state index contributed by atoms with van der Waals surface area (Å²) in [6, 6.07) is 7.91. The summed E-state index contributed by atoms with van der Waals surface area (Å²) in [4.78, 5) is 40.9. The zero-order valence-corrected chi connectivity index (χ0v) is 19.7. The normalized spacial score (nSPS) is 24.1. The van der Waals surface area contributed by atoms with Gasteiger partial charge in [0.1, 0.15) is 0 Å². The number of carboxylic acid groups (broad SMARTS) is 1. The molecule has 0 atom stereocenters. The first-order chi connectivity index (χ1) is 16.4. The van der Waals surface area contributed by atoms with E-state index in [9.17, 15) is 14.4 Å². The molecule has 3 N–H and O–H groups in total. The Balaban J connectivity index is 1.05. The summed E-state index contributed by atoms with van der Waals surface area (Å²) in [5.74, 6) is 0.511. The molecule has 1 saturated carbocycles. The molecule has 3 heterocycles. The molecule has 4 amide bonds. The number of nitrogens with zero attached hydrogens (tertiary/aromatic N) is 3. The number of carbonyl (C=O) groups is 3. The summed E-state index contributed by atoms with van der Waals surface area (Å²) < 4.78 is 0. The van der Waals surface area contributed by atoms with Crippen LogP contribution in [-0.4, -0.2) is 73.3 Å². The maximum atomic E-state index is 12.1. The van der Waals surface area contributed by atoms with Gasteiger partial charge in [0.25, 0.3) is 0 Å². The van der Waals surface area contributed by atoms with Gasteiger partial charge < -0.3 is 20.2 Å². The zero-order valence-electron chi connectivity index (χ0n) is 19.7. The smallest absolute Gasteiger partial charge is 0.404 e. The number of carbonyl (C=O) groups excluding carboxylic acids is 2. The summed E-state index contributed by atoms with van der Waals surface area (Å²) in [5.41, 5.74) is 2.39. The molecule has 1 aliphatic carbocycles. The van der Waals surface area contributed by atoms with Crippen LogP contribution in [-0.2, 0) is 4.79 Å². The third-order valence-electron chi connectivity index (χ3n) is 8.31. The molecule has 0 unspecified atom stereocenters. The zero-order chi connectivity index (χ0) is 23.7. The minimum atomic E-state index is -0.897. The van der Waals surface area contributed by atoms with Gasteiger partial charge in [-0.1, -0.05) is 0 Å². The van der Waals surface area contributed by atoms with E-state index < -0.39 is 6.09 Å². The number of hydrogen-bond acceptors (Lipinski definition) is 5. The minimum Gasteiger partial charge on any atom is -0.465 e. The predicted molar refractivity (Wildman–Crippen MR) is 129 cm³/mol. The van der Waals surface area contributed by atoms with Gasteiger partial charge in [0.05, 0.1) is 0 Å². The Labute approximate surface area is 200 Å². The van der Waals surface area contributed by atoms with Crippen molar-refractivity contribution in [1.29, 1.82) is 0 Å². The van der Waals surface area contributed by atoms with Crippen LogP contribution in [0.25, 0.3) is 0 Å². The molecule has 5 rings (SSSR count). The molecular weight excluding hydrogens is 434 g/mol. The fourth-order valence-electron chi connectivity index (χ4n) is 6.27. The second kappa shape index (κ2) is 9.44. The van der Waals surface area contributed by atoms with Crippen LogP contribution in [0.5, 0.6) is 0 Å². The van der Waals surface area contributed by atoms with E-state index in [1.165, 1.54) is 37.9 Å². The second-order valence-electron chi connectivity index (χ2n) is 10.6. The van der Waals surface area contributed by atoms with Gasteiger partial charge in [-0.05, 0) is 87.2 Å². The molecule has 0 radical (unpaired) electrons. The predicted octanol–water partition coefficient (Wildman–Crippen LogP) is 2.86. The first-order valence-corrected chi connectivity index (χ1v) is 12.6. The quantitative estimate of drug-likeness (QED) is 0.613. The Morgan fingerprint density at radius 3 is 2.26 bits per heavy atom. The highest BCUT2D eigenvalue weighted by atomic mass is 16.4. The summed E-state index contributed by atoms with van der Waals surface area (Å²) in [5, 5.41) is 13.9. The standard InChI is InChI=1S/C25H35N5O4/c31-22-7-12-30(23(32)27-22)21-3-1-20(2-4-21)29-10-5-18(6-11-29)17-28-13-8-25(9-14-28)15-19(16-25)26-24(33)34/h1-4,18-19,26H,5-17H2,(H,33,34)(H,27,31,32). The van der Waals surface area contributed by atoms with Crippen LogP contribution < -0.4 is 20.4 Å². The Morgan fingerprint density at radius 1 is 1.00 bits per heavy atom. The molecule has 9 nitrogen and oxygen atoms in total. The summed E-state index contributed by atoms with van der Waals surface area (Å²) in [7, 11) is 0. The van der Waals surface area contributed by atoms with E-state index in [0.717, 1.165) is 50.6 Å². The van der Waals surface area contributed by atoms with E-state index in [-0.39, 0.29) is 18.0 Å². The molecule has 1 spiro atoms. The fraction of sp³-hybridized carbons (Fsp3) is 0.640. The van der Waals surface area contributed by atoms with E-state index in [1.807, 2.05) is 12.1 Å². The van der Waals surface area contributed by atoms with Gasteiger partial charge in [-0.15, -0.1) is 0 Å². The number of imide groups is 1. The van der Waals surface area contributed by atoms with Crippen molar-refractivity contribution in [2.24, 2.45) is 11.3 Å². The second-order valence-corrected chi connectivity index (χ2v) is 10.6. The highest BCUT2D eigenvalue weighted by Gasteiger charge is 2.46. The van der Waals surface area contributed by atoms with Crippen molar-refractivity contribution in [3.63, 3.8) is 0 Å². The number of hydrogen-bond donors (Lipinski definition) is 3. The molecule has 4 aliphatic rings. The first-order valence-electron chi connectivity index (χ1n) is 12.6. The van der Waals surface area contributed by atoms with Crippen LogP contribution in [0, 0.1) is 11.3 Å². The van der Waals surface area contributed by atoms with Crippen molar-refractivity contribution in [3.8, 4) is 0 Å². The van der Waals surface area contributed by atoms with Crippen molar-refractivity contribution in [3.05, 3.63) is 24.3 Å². The number of rotatable bonds is 5. The largest absolute Gasteiger partial charge is 0.465 e. The third-order valence-corrected chi connectivity index (χ3v) is 8.31. The average Bonchev–Trinajstić information content (AvgIpc) is 2.80. The molecule has 0 aromatic heterocycles. The topological polar surface area (TPSA) is 105 Å². The number of benzene rings is 1. The van der Waals surface area contributed by atoms with E-state index >= 15 is 0 Å². The monoisotopic (exact) mass is 469 g/mol. The molecular formula is C25H35N5O4. The molecule has 1 aromatic carbocycles.